The molecule has 0 aliphatic rings. The van der Waals surface area contributed by atoms with Crippen LogP contribution in [0.15, 0.2) is 17.5 Å². The summed E-state index contributed by atoms with van der Waals surface area (Å²) < 4.78 is 28.0. The van der Waals surface area contributed by atoms with Gasteiger partial charge in [0.15, 0.2) is 11.8 Å². The quantitative estimate of drug-likeness (QED) is 0.489. The molecule has 0 unspecified atom stereocenters. The van der Waals surface area contributed by atoms with Crippen molar-refractivity contribution in [1.29, 1.82) is 0 Å². The van der Waals surface area contributed by atoms with E-state index in [-0.39, 0.29) is 16.7 Å². The zero-order valence-corrected chi connectivity index (χ0v) is 8.03. The average molecular weight is 238 g/mol. The van der Waals surface area contributed by atoms with Crippen LogP contribution in [0.25, 0.3) is 0 Å². The molecule has 1 heterocycles. The van der Waals surface area contributed by atoms with Crippen LogP contribution >= 0.6 is 11.6 Å². The Morgan fingerprint density at radius 3 is 2.73 bits per heavy atom. The molecule has 0 aliphatic heterocycles. The van der Waals surface area contributed by atoms with Crippen LogP contribution in [0.5, 0.6) is 5.88 Å². The van der Waals surface area contributed by atoms with Gasteiger partial charge < -0.3 is 9.94 Å². The van der Waals surface area contributed by atoms with Crippen LogP contribution in [0, 0.1) is 0 Å². The topological polar surface area (TPSA) is 67.6 Å². The summed E-state index contributed by atoms with van der Waals surface area (Å²) >= 11 is 5.41. The number of hydrogen-bond donors (Lipinski definition) is 1. The number of aromatic nitrogens is 2. The molecule has 1 rings (SSSR count). The minimum absolute atomic E-state index is 0.0542. The number of rotatable bonds is 4. The molecule has 8 heteroatoms. The van der Waals surface area contributed by atoms with E-state index in [0.29, 0.717) is 0 Å². The van der Waals surface area contributed by atoms with E-state index in [9.17, 15) is 8.78 Å². The van der Waals surface area contributed by atoms with E-state index in [1.54, 1.807) is 0 Å². The number of halogens is 3. The second-order valence-electron chi connectivity index (χ2n) is 2.33. The largest absolute Gasteiger partial charge is 0.470 e. The first kappa shape index (κ1) is 11.6. The molecule has 0 aromatic carbocycles. The highest BCUT2D eigenvalue weighted by Crippen LogP contribution is 2.07. The molecule has 0 aliphatic carbocycles. The molecule has 1 aromatic rings. The highest BCUT2D eigenvalue weighted by atomic mass is 35.5. The summed E-state index contributed by atoms with van der Waals surface area (Å²) in [6.45, 7) is -0.754. The Balaban J connectivity index is 2.64. The zero-order chi connectivity index (χ0) is 11.3. The fraction of sp³-hybridized carbons (Fsp3) is 0.286. The Labute approximate surface area is 88.4 Å². The number of oxime groups is 1. The fourth-order valence-electron chi connectivity index (χ4n) is 0.697. The maximum Gasteiger partial charge on any atom is 0.272 e. The number of nitrogens with zero attached hydrogens (tertiary/aromatic N) is 3. The van der Waals surface area contributed by atoms with Gasteiger partial charge in [-0.05, 0) is 0 Å². The van der Waals surface area contributed by atoms with E-state index in [0.717, 1.165) is 12.4 Å². The van der Waals surface area contributed by atoms with Crippen molar-refractivity contribution >= 4 is 16.8 Å². The highest BCUT2D eigenvalue weighted by Gasteiger charge is 2.06. The van der Waals surface area contributed by atoms with E-state index in [1.807, 2.05) is 0 Å². The zero-order valence-electron chi connectivity index (χ0n) is 7.27. The minimum Gasteiger partial charge on any atom is -0.470 e. The van der Waals surface area contributed by atoms with Gasteiger partial charge in [-0.3, -0.25) is 0 Å². The second-order valence-corrected chi connectivity index (χ2v) is 2.69. The first-order valence-corrected chi connectivity index (χ1v) is 4.12. The second kappa shape index (κ2) is 5.40. The monoisotopic (exact) mass is 237 g/mol. The minimum atomic E-state index is -2.57. The molecule has 0 fully saturated rings. The summed E-state index contributed by atoms with van der Waals surface area (Å²) in [4.78, 5) is 7.30. The van der Waals surface area contributed by atoms with Gasteiger partial charge in [-0.15, -0.1) is 0 Å². The van der Waals surface area contributed by atoms with Crippen molar-refractivity contribution in [2.24, 2.45) is 5.16 Å². The van der Waals surface area contributed by atoms with Gasteiger partial charge in [0.05, 0.1) is 12.4 Å². The van der Waals surface area contributed by atoms with Crippen molar-refractivity contribution < 1.29 is 18.7 Å². The molecular weight excluding hydrogens is 232 g/mol. The van der Waals surface area contributed by atoms with E-state index >= 15 is 0 Å². The summed E-state index contributed by atoms with van der Waals surface area (Å²) in [6, 6.07) is 0. The third-order valence-corrected chi connectivity index (χ3v) is 1.55. The molecular formula is C7H6ClF2N3O2. The fourth-order valence-corrected chi connectivity index (χ4v) is 0.794. The Morgan fingerprint density at radius 1 is 1.53 bits per heavy atom. The van der Waals surface area contributed by atoms with Gasteiger partial charge in [0.2, 0.25) is 5.88 Å². The Morgan fingerprint density at radius 2 is 2.27 bits per heavy atom. The molecule has 15 heavy (non-hydrogen) atoms. The summed E-state index contributed by atoms with van der Waals surface area (Å²) in [5, 5.41) is 10.7. The van der Waals surface area contributed by atoms with Crippen molar-refractivity contribution in [1.82, 2.24) is 9.97 Å². The van der Waals surface area contributed by atoms with Crippen LogP contribution in [0.4, 0.5) is 8.78 Å². The van der Waals surface area contributed by atoms with E-state index in [2.05, 4.69) is 19.9 Å². The lowest BCUT2D eigenvalue weighted by Crippen LogP contribution is -2.08. The van der Waals surface area contributed by atoms with Crippen LogP contribution in [0.3, 0.4) is 0 Å². The molecule has 1 aromatic heterocycles. The Kier molecular flexibility index (Phi) is 4.17. The van der Waals surface area contributed by atoms with Gasteiger partial charge in [-0.1, -0.05) is 16.8 Å². The van der Waals surface area contributed by atoms with Crippen LogP contribution in [-0.4, -0.2) is 33.4 Å². The lowest BCUT2D eigenvalue weighted by molar-refractivity contribution is 0.0794. The van der Waals surface area contributed by atoms with Crippen molar-refractivity contribution in [3.63, 3.8) is 0 Å². The van der Waals surface area contributed by atoms with Gasteiger partial charge in [0, 0.05) is 0 Å². The summed E-state index contributed by atoms with van der Waals surface area (Å²) in [6.07, 6.45) is -0.331. The molecule has 0 atom stereocenters. The number of alkyl halides is 2. The smallest absolute Gasteiger partial charge is 0.272 e. The molecule has 1 N–H and O–H groups in total. The lowest BCUT2D eigenvalue weighted by atomic mass is 10.5. The summed E-state index contributed by atoms with van der Waals surface area (Å²) in [5.74, 6) is -0.0542. The first-order valence-electron chi connectivity index (χ1n) is 3.74. The van der Waals surface area contributed by atoms with E-state index in [4.69, 9.17) is 16.8 Å². The molecule has 0 saturated carbocycles. The van der Waals surface area contributed by atoms with E-state index in [1.165, 1.54) is 0 Å². The van der Waals surface area contributed by atoms with Crippen LogP contribution in [-0.2, 0) is 0 Å². The Hall–Kier alpha value is -1.50. The standard InChI is InChI=1S/C7H6ClF2N3O2/c8-7(13-14)4-1-12-6(2-11-4)15-3-5(9)10/h1-2,5,14H,3H2/b13-7-. The third-order valence-electron chi connectivity index (χ3n) is 1.28. The maximum absolute atomic E-state index is 11.7. The van der Waals surface area contributed by atoms with Crippen LogP contribution in [0.1, 0.15) is 5.69 Å². The maximum atomic E-state index is 11.7. The molecule has 0 spiro atoms. The lowest BCUT2D eigenvalue weighted by Gasteiger charge is -2.03. The molecule has 82 valence electrons. The van der Waals surface area contributed by atoms with Gasteiger partial charge in [-0.25, -0.2) is 18.7 Å². The van der Waals surface area contributed by atoms with Gasteiger partial charge in [0.25, 0.3) is 6.43 Å². The average Bonchev–Trinajstić information content (AvgIpc) is 2.26. The van der Waals surface area contributed by atoms with Crippen molar-refractivity contribution in [2.75, 3.05) is 6.61 Å². The first-order chi connectivity index (χ1) is 7.13. The van der Waals surface area contributed by atoms with Crippen molar-refractivity contribution in [3.8, 4) is 5.88 Å². The molecule has 5 nitrogen and oxygen atoms in total. The van der Waals surface area contributed by atoms with Gasteiger partial charge in [0.1, 0.15) is 5.69 Å². The van der Waals surface area contributed by atoms with E-state index < -0.39 is 13.0 Å². The molecule has 0 amide bonds. The third kappa shape index (κ3) is 3.62. The number of hydrogen-bond acceptors (Lipinski definition) is 5. The normalized spacial score (nSPS) is 11.9. The van der Waals surface area contributed by atoms with Crippen LogP contribution < -0.4 is 4.74 Å². The van der Waals surface area contributed by atoms with Crippen molar-refractivity contribution in [2.45, 2.75) is 6.43 Å². The highest BCUT2D eigenvalue weighted by molar-refractivity contribution is 6.69. The summed E-state index contributed by atoms with van der Waals surface area (Å²) in [7, 11) is 0. The summed E-state index contributed by atoms with van der Waals surface area (Å²) in [5.41, 5.74) is 0.114. The number of ether oxygens (including phenoxy) is 1. The predicted octanol–water partition coefficient (Wildman–Crippen LogP) is 1.50. The molecule has 0 bridgehead atoms. The van der Waals surface area contributed by atoms with Gasteiger partial charge >= 0.3 is 0 Å². The Bertz CT molecular complexity index is 345. The van der Waals surface area contributed by atoms with Crippen molar-refractivity contribution in [3.05, 3.63) is 18.1 Å². The van der Waals surface area contributed by atoms with Crippen LogP contribution in [0.2, 0.25) is 0 Å². The predicted molar refractivity (Wildman–Crippen MR) is 47.7 cm³/mol. The van der Waals surface area contributed by atoms with Gasteiger partial charge in [-0.2, -0.15) is 0 Å². The molecule has 0 radical (unpaired) electrons. The molecule has 0 saturated heterocycles. The SMILES string of the molecule is O/N=C(\Cl)c1cnc(OCC(F)F)cn1.